The fourth-order valence-electron chi connectivity index (χ4n) is 4.24. The van der Waals surface area contributed by atoms with Crippen LogP contribution in [0.3, 0.4) is 0 Å². The van der Waals surface area contributed by atoms with Gasteiger partial charge in [-0.25, -0.2) is 15.8 Å². The summed E-state index contributed by atoms with van der Waals surface area (Å²) in [6, 6.07) is 16.1. The van der Waals surface area contributed by atoms with E-state index in [9.17, 15) is 4.79 Å². The lowest BCUT2D eigenvalue weighted by Gasteiger charge is -2.33. The number of hydrogen-bond donors (Lipinski definition) is 2. The van der Waals surface area contributed by atoms with E-state index in [1.807, 2.05) is 41.3 Å². The highest BCUT2D eigenvalue weighted by Crippen LogP contribution is 2.32. The lowest BCUT2D eigenvalue weighted by molar-refractivity contribution is -0.135. The van der Waals surface area contributed by atoms with Crippen molar-refractivity contribution in [2.75, 3.05) is 20.2 Å². The zero-order chi connectivity index (χ0) is 21.2. The summed E-state index contributed by atoms with van der Waals surface area (Å²) in [5.41, 5.74) is 8.54. The predicted molar refractivity (Wildman–Crippen MR) is 120 cm³/mol. The number of carbonyl (C=O) groups is 1. The zero-order valence-corrected chi connectivity index (χ0v) is 18.2. The molecule has 2 unspecified atom stereocenters. The maximum Gasteiger partial charge on any atom is 0.274 e. The Balaban J connectivity index is 1.14. The van der Waals surface area contributed by atoms with E-state index < -0.39 is 0 Å². The molecule has 3 heterocycles. The Bertz CT molecular complexity index is 1050. The van der Waals surface area contributed by atoms with Crippen LogP contribution in [-0.4, -0.2) is 48.1 Å². The highest BCUT2D eigenvalue weighted by molar-refractivity contribution is 7.20. The summed E-state index contributed by atoms with van der Waals surface area (Å²) in [5.74, 6) is 0.956. The molecule has 2 atom stereocenters. The molecule has 2 aliphatic rings. The number of carbonyl (C=O) groups excluding carboxylic acids is 1. The molecule has 2 aliphatic heterocycles. The Morgan fingerprint density at radius 3 is 2.71 bits per heavy atom. The van der Waals surface area contributed by atoms with Gasteiger partial charge in [-0.3, -0.25) is 4.79 Å². The molecule has 31 heavy (non-hydrogen) atoms. The van der Waals surface area contributed by atoms with Crippen LogP contribution in [0.2, 0.25) is 0 Å². The molecule has 0 radical (unpaired) electrons. The van der Waals surface area contributed by atoms with E-state index in [1.165, 1.54) is 5.56 Å². The molecule has 0 saturated carbocycles. The summed E-state index contributed by atoms with van der Waals surface area (Å²) in [7, 11) is 1.65. The van der Waals surface area contributed by atoms with Crippen LogP contribution in [0, 0.1) is 0 Å². The van der Waals surface area contributed by atoms with Crippen molar-refractivity contribution in [1.29, 1.82) is 0 Å². The number of ether oxygens (including phenoxy) is 2. The van der Waals surface area contributed by atoms with Gasteiger partial charge in [-0.15, -0.1) is 0 Å². The number of likely N-dealkylation sites (tertiary alicyclic amines) is 1. The quantitative estimate of drug-likeness (QED) is 0.637. The number of methoxy groups -OCH3 is 1. The molecule has 8 heteroatoms. The Morgan fingerprint density at radius 2 is 1.94 bits per heavy atom. The van der Waals surface area contributed by atoms with Gasteiger partial charge in [-0.2, -0.15) is 0 Å². The fourth-order valence-corrected chi connectivity index (χ4v) is 5.10. The molecule has 7 nitrogen and oxygen atoms in total. The first-order chi connectivity index (χ1) is 15.2. The van der Waals surface area contributed by atoms with Gasteiger partial charge in [0.2, 0.25) is 5.91 Å². The second-order valence-corrected chi connectivity index (χ2v) is 8.99. The number of hydrazine groups is 1. The SMILES string of the molecule is COc1ccc2sc(OC3CCN(C(=O)C4CC(c5ccccc5)NN4)CC3)nc2c1. The van der Waals surface area contributed by atoms with Crippen molar-refractivity contribution in [2.45, 2.75) is 37.5 Å². The predicted octanol–water partition coefficient (Wildman–Crippen LogP) is 3.28. The van der Waals surface area contributed by atoms with Crippen LogP contribution in [-0.2, 0) is 4.79 Å². The molecule has 1 amide bonds. The van der Waals surface area contributed by atoms with Crippen molar-refractivity contribution >= 4 is 27.5 Å². The number of amides is 1. The largest absolute Gasteiger partial charge is 0.497 e. The van der Waals surface area contributed by atoms with Gasteiger partial charge >= 0.3 is 0 Å². The minimum absolute atomic E-state index is 0.0817. The average Bonchev–Trinajstić information content (AvgIpc) is 3.46. The van der Waals surface area contributed by atoms with Gasteiger partial charge in [0.15, 0.2) is 0 Å². The van der Waals surface area contributed by atoms with Crippen molar-refractivity contribution in [3.8, 4) is 10.9 Å². The third-order valence-electron chi connectivity index (χ3n) is 6.00. The van der Waals surface area contributed by atoms with Crippen LogP contribution in [0.5, 0.6) is 10.9 Å². The minimum atomic E-state index is -0.193. The van der Waals surface area contributed by atoms with Gasteiger partial charge in [0.1, 0.15) is 17.9 Å². The van der Waals surface area contributed by atoms with Gasteiger partial charge in [-0.05, 0) is 24.1 Å². The van der Waals surface area contributed by atoms with E-state index >= 15 is 0 Å². The molecule has 5 rings (SSSR count). The van der Waals surface area contributed by atoms with Crippen molar-refractivity contribution in [2.24, 2.45) is 0 Å². The van der Waals surface area contributed by atoms with Gasteiger partial charge in [-0.1, -0.05) is 41.7 Å². The third-order valence-corrected chi connectivity index (χ3v) is 6.93. The topological polar surface area (TPSA) is 75.7 Å². The molecule has 2 saturated heterocycles. The monoisotopic (exact) mass is 438 g/mol. The van der Waals surface area contributed by atoms with Gasteiger partial charge in [0.05, 0.1) is 17.3 Å². The molecule has 2 aromatic carbocycles. The number of hydrogen-bond acceptors (Lipinski definition) is 7. The summed E-state index contributed by atoms with van der Waals surface area (Å²) in [6.45, 7) is 1.41. The lowest BCUT2D eigenvalue weighted by atomic mass is 10.0. The van der Waals surface area contributed by atoms with Crippen LogP contribution in [0.25, 0.3) is 10.2 Å². The number of nitrogens with zero attached hydrogens (tertiary/aromatic N) is 2. The molecule has 2 fully saturated rings. The molecule has 0 bridgehead atoms. The van der Waals surface area contributed by atoms with Crippen LogP contribution in [0.1, 0.15) is 30.9 Å². The average molecular weight is 439 g/mol. The number of thiazole rings is 1. The molecular formula is C23H26N4O3S. The number of fused-ring (bicyclic) bond motifs is 1. The molecule has 0 aliphatic carbocycles. The maximum atomic E-state index is 13.0. The Labute approximate surface area is 185 Å². The van der Waals surface area contributed by atoms with E-state index in [-0.39, 0.29) is 24.1 Å². The van der Waals surface area contributed by atoms with Crippen LogP contribution in [0.4, 0.5) is 0 Å². The summed E-state index contributed by atoms with van der Waals surface area (Å²) >= 11 is 1.55. The van der Waals surface area contributed by atoms with Gasteiger partial charge in [0, 0.05) is 38.0 Å². The highest BCUT2D eigenvalue weighted by Gasteiger charge is 2.34. The Kier molecular flexibility index (Phi) is 5.76. The van der Waals surface area contributed by atoms with Crippen LogP contribution >= 0.6 is 11.3 Å². The fraction of sp³-hybridized carbons (Fsp3) is 0.391. The summed E-state index contributed by atoms with van der Waals surface area (Å²) in [5, 5.41) is 0.681. The standard InChI is InChI=1S/C23H26N4O3S/c1-29-17-7-8-21-19(13-17)24-23(31-21)30-16-9-11-27(12-10-16)22(28)20-14-18(25-26-20)15-5-3-2-4-6-15/h2-8,13,16,18,20,25-26H,9-12,14H2,1H3. The molecule has 3 aromatic rings. The molecule has 162 valence electrons. The molecule has 2 N–H and O–H groups in total. The first kappa shape index (κ1) is 20.2. The number of rotatable bonds is 5. The lowest BCUT2D eigenvalue weighted by Crippen LogP contribution is -2.49. The minimum Gasteiger partial charge on any atom is -0.497 e. The van der Waals surface area contributed by atoms with Gasteiger partial charge in [0.25, 0.3) is 5.19 Å². The first-order valence-corrected chi connectivity index (χ1v) is 11.5. The summed E-state index contributed by atoms with van der Waals surface area (Å²) in [6.07, 6.45) is 2.47. The van der Waals surface area contributed by atoms with E-state index in [1.54, 1.807) is 18.4 Å². The van der Waals surface area contributed by atoms with Crippen molar-refractivity contribution in [3.05, 3.63) is 54.1 Å². The highest BCUT2D eigenvalue weighted by atomic mass is 32.1. The van der Waals surface area contributed by atoms with Crippen molar-refractivity contribution < 1.29 is 14.3 Å². The van der Waals surface area contributed by atoms with E-state index in [2.05, 4.69) is 28.0 Å². The number of nitrogens with one attached hydrogen (secondary N) is 2. The molecular weight excluding hydrogens is 412 g/mol. The van der Waals surface area contributed by atoms with Crippen molar-refractivity contribution in [3.63, 3.8) is 0 Å². The zero-order valence-electron chi connectivity index (χ0n) is 17.4. The number of aromatic nitrogens is 1. The normalized spacial score (nSPS) is 22.0. The van der Waals surface area contributed by atoms with Gasteiger partial charge < -0.3 is 14.4 Å². The summed E-state index contributed by atoms with van der Waals surface area (Å²) in [4.78, 5) is 19.5. The van der Waals surface area contributed by atoms with E-state index in [4.69, 9.17) is 9.47 Å². The van der Waals surface area contributed by atoms with Crippen molar-refractivity contribution in [1.82, 2.24) is 20.7 Å². The Hall–Kier alpha value is -2.68. The molecule has 0 spiro atoms. The second-order valence-electron chi connectivity index (χ2n) is 8.00. The summed E-state index contributed by atoms with van der Waals surface area (Å²) < 4.78 is 12.5. The van der Waals surface area contributed by atoms with E-state index in [0.29, 0.717) is 18.3 Å². The first-order valence-electron chi connectivity index (χ1n) is 10.7. The number of piperidine rings is 1. The van der Waals surface area contributed by atoms with E-state index in [0.717, 1.165) is 35.2 Å². The van der Waals surface area contributed by atoms with Crippen LogP contribution in [0.15, 0.2) is 48.5 Å². The van der Waals surface area contributed by atoms with Crippen LogP contribution < -0.4 is 20.3 Å². The smallest absolute Gasteiger partial charge is 0.274 e. The third kappa shape index (κ3) is 4.37. The second kappa shape index (κ2) is 8.82. The maximum absolute atomic E-state index is 13.0. The Morgan fingerprint density at radius 1 is 1.13 bits per heavy atom. The molecule has 1 aromatic heterocycles. The number of benzene rings is 2.